The predicted octanol–water partition coefficient (Wildman–Crippen LogP) is 4.80. The number of nitrogens with one attached hydrogen (secondary N) is 2. The number of hydrogen-bond acceptors (Lipinski definition) is 5. The fourth-order valence-electron chi connectivity index (χ4n) is 3.08. The highest BCUT2D eigenvalue weighted by molar-refractivity contribution is 7.98. The SMILES string of the molecule is COc1cccc(/C=C/C(=O)NC(CCSC)c2nc3ccccc3[nH]2)c1OC(F)F. The van der Waals surface area contributed by atoms with Crippen LogP contribution in [0.1, 0.15) is 23.9 Å². The number of imidazole rings is 1. The van der Waals surface area contributed by atoms with E-state index in [0.717, 1.165) is 16.8 Å². The molecule has 0 saturated carbocycles. The van der Waals surface area contributed by atoms with Crippen molar-refractivity contribution in [1.82, 2.24) is 15.3 Å². The summed E-state index contributed by atoms with van der Waals surface area (Å²) >= 11 is 1.67. The number of amides is 1. The average molecular weight is 448 g/mol. The molecule has 1 heterocycles. The Hall–Kier alpha value is -3.07. The lowest BCUT2D eigenvalue weighted by Crippen LogP contribution is -2.28. The topological polar surface area (TPSA) is 76.2 Å². The lowest BCUT2D eigenvalue weighted by atomic mass is 10.1. The Bertz CT molecular complexity index is 1020. The van der Waals surface area contributed by atoms with Gasteiger partial charge >= 0.3 is 6.61 Å². The van der Waals surface area contributed by atoms with E-state index in [9.17, 15) is 13.6 Å². The fourth-order valence-corrected chi connectivity index (χ4v) is 3.55. The van der Waals surface area contributed by atoms with Crippen molar-refractivity contribution in [1.29, 1.82) is 0 Å². The van der Waals surface area contributed by atoms with Crippen LogP contribution in [0.4, 0.5) is 8.78 Å². The maximum atomic E-state index is 12.8. The quantitative estimate of drug-likeness (QED) is 0.437. The molecule has 0 aliphatic carbocycles. The Balaban J connectivity index is 1.79. The van der Waals surface area contributed by atoms with E-state index >= 15 is 0 Å². The smallest absolute Gasteiger partial charge is 0.387 e. The normalized spacial score (nSPS) is 12.4. The number of ether oxygens (including phenoxy) is 2. The number of methoxy groups -OCH3 is 1. The predicted molar refractivity (Wildman–Crippen MR) is 119 cm³/mol. The monoisotopic (exact) mass is 447 g/mol. The Morgan fingerprint density at radius 2 is 2.06 bits per heavy atom. The molecule has 0 aliphatic heterocycles. The number of carbonyl (C=O) groups is 1. The second kappa shape index (κ2) is 10.8. The third-order valence-electron chi connectivity index (χ3n) is 4.52. The van der Waals surface area contributed by atoms with Gasteiger partial charge in [0.05, 0.1) is 24.2 Å². The van der Waals surface area contributed by atoms with Crippen LogP contribution in [-0.4, -0.2) is 41.6 Å². The number of H-pyrrole nitrogens is 1. The summed E-state index contributed by atoms with van der Waals surface area (Å²) in [5.41, 5.74) is 2.02. The van der Waals surface area contributed by atoms with Crippen LogP contribution in [0.3, 0.4) is 0 Å². The average Bonchev–Trinajstić information content (AvgIpc) is 3.19. The molecule has 0 saturated heterocycles. The van der Waals surface area contributed by atoms with E-state index in [-0.39, 0.29) is 23.4 Å². The third-order valence-corrected chi connectivity index (χ3v) is 5.16. The van der Waals surface area contributed by atoms with E-state index in [1.807, 2.05) is 30.5 Å². The van der Waals surface area contributed by atoms with Crippen LogP contribution in [0.15, 0.2) is 48.5 Å². The molecule has 0 radical (unpaired) electrons. The van der Waals surface area contributed by atoms with Crippen LogP contribution in [0.25, 0.3) is 17.1 Å². The molecule has 3 rings (SSSR count). The molecule has 31 heavy (non-hydrogen) atoms. The van der Waals surface area contributed by atoms with Gasteiger partial charge < -0.3 is 19.8 Å². The van der Waals surface area contributed by atoms with Crippen molar-refractivity contribution in [3.63, 3.8) is 0 Å². The summed E-state index contributed by atoms with van der Waals surface area (Å²) in [5, 5.41) is 2.94. The number of aromatic amines is 1. The van der Waals surface area contributed by atoms with Crippen LogP contribution < -0.4 is 14.8 Å². The van der Waals surface area contributed by atoms with Gasteiger partial charge in [-0.15, -0.1) is 0 Å². The highest BCUT2D eigenvalue weighted by Gasteiger charge is 2.18. The third kappa shape index (κ3) is 5.97. The van der Waals surface area contributed by atoms with Crippen molar-refractivity contribution in [2.75, 3.05) is 19.1 Å². The van der Waals surface area contributed by atoms with E-state index in [4.69, 9.17) is 4.74 Å². The molecule has 6 nitrogen and oxygen atoms in total. The first-order valence-corrected chi connectivity index (χ1v) is 10.9. The Morgan fingerprint density at radius 3 is 2.77 bits per heavy atom. The van der Waals surface area contributed by atoms with E-state index in [1.165, 1.54) is 25.3 Å². The minimum absolute atomic E-state index is 0.125. The number of alkyl halides is 2. The Morgan fingerprint density at radius 1 is 1.26 bits per heavy atom. The van der Waals surface area contributed by atoms with Gasteiger partial charge in [-0.1, -0.05) is 24.3 Å². The number of rotatable bonds is 10. The van der Waals surface area contributed by atoms with Crippen molar-refractivity contribution in [3.05, 3.63) is 59.9 Å². The number of fused-ring (bicyclic) bond motifs is 1. The molecule has 2 aromatic carbocycles. The van der Waals surface area contributed by atoms with E-state index in [0.29, 0.717) is 17.8 Å². The standard InChI is InChI=1S/C22H23F2N3O3S/c1-29-18-9-5-6-14(20(18)30-22(23)24)10-11-19(28)25-17(12-13-31-2)21-26-15-7-3-4-8-16(15)27-21/h3-11,17,22H,12-13H2,1-2H3,(H,25,28)(H,26,27)/b11-10+. The van der Waals surface area contributed by atoms with Crippen molar-refractivity contribution in [3.8, 4) is 11.5 Å². The molecule has 9 heteroatoms. The number of carbonyl (C=O) groups excluding carboxylic acids is 1. The van der Waals surface area contributed by atoms with Crippen LogP contribution in [0, 0.1) is 0 Å². The second-order valence-electron chi connectivity index (χ2n) is 6.57. The highest BCUT2D eigenvalue weighted by Crippen LogP contribution is 2.33. The highest BCUT2D eigenvalue weighted by atomic mass is 32.2. The second-order valence-corrected chi connectivity index (χ2v) is 7.56. The van der Waals surface area contributed by atoms with Crippen LogP contribution >= 0.6 is 11.8 Å². The van der Waals surface area contributed by atoms with E-state index in [1.54, 1.807) is 23.9 Å². The minimum Gasteiger partial charge on any atom is -0.493 e. The van der Waals surface area contributed by atoms with Gasteiger partial charge in [0.2, 0.25) is 5.91 Å². The molecule has 1 atom stereocenters. The molecule has 1 amide bonds. The minimum atomic E-state index is -3.01. The summed E-state index contributed by atoms with van der Waals surface area (Å²) in [6.07, 6.45) is 5.37. The number of thioether (sulfide) groups is 1. The zero-order chi connectivity index (χ0) is 22.2. The van der Waals surface area contributed by atoms with Gasteiger partial charge in [-0.3, -0.25) is 4.79 Å². The van der Waals surface area contributed by atoms with Crippen LogP contribution in [-0.2, 0) is 4.79 Å². The van der Waals surface area contributed by atoms with Gasteiger partial charge in [0.15, 0.2) is 11.5 Å². The number of benzene rings is 2. The molecule has 2 N–H and O–H groups in total. The van der Waals surface area contributed by atoms with Gasteiger partial charge in [-0.2, -0.15) is 20.5 Å². The van der Waals surface area contributed by atoms with Crippen LogP contribution in [0.2, 0.25) is 0 Å². The van der Waals surface area contributed by atoms with E-state index in [2.05, 4.69) is 20.0 Å². The molecule has 0 fully saturated rings. The summed E-state index contributed by atoms with van der Waals surface area (Å²) in [4.78, 5) is 20.4. The molecule has 3 aromatic rings. The Kier molecular flexibility index (Phi) is 7.88. The molecular formula is C22H23F2N3O3S. The largest absolute Gasteiger partial charge is 0.493 e. The summed E-state index contributed by atoms with van der Waals surface area (Å²) < 4.78 is 35.2. The Labute approximate surface area is 183 Å². The zero-order valence-corrected chi connectivity index (χ0v) is 17.9. The summed E-state index contributed by atoms with van der Waals surface area (Å²) in [7, 11) is 1.36. The summed E-state index contributed by atoms with van der Waals surface area (Å²) in [6, 6.07) is 12.0. The van der Waals surface area contributed by atoms with Crippen molar-refractivity contribution >= 4 is 34.8 Å². The molecule has 0 spiro atoms. The number of hydrogen-bond donors (Lipinski definition) is 2. The van der Waals surface area contributed by atoms with Gasteiger partial charge in [0.25, 0.3) is 0 Å². The molecule has 0 bridgehead atoms. The maximum absolute atomic E-state index is 12.8. The first-order chi connectivity index (χ1) is 15.0. The lowest BCUT2D eigenvalue weighted by Gasteiger charge is -2.15. The molecule has 164 valence electrons. The number of para-hydroxylation sites is 3. The number of aromatic nitrogens is 2. The maximum Gasteiger partial charge on any atom is 0.387 e. The van der Waals surface area contributed by atoms with Crippen LogP contribution in [0.5, 0.6) is 11.5 Å². The van der Waals surface area contributed by atoms with Gasteiger partial charge in [-0.05, 0) is 42.7 Å². The van der Waals surface area contributed by atoms with Gasteiger partial charge in [0.1, 0.15) is 5.82 Å². The van der Waals surface area contributed by atoms with Crippen molar-refractivity contribution < 1.29 is 23.0 Å². The number of nitrogens with zero attached hydrogens (tertiary/aromatic N) is 1. The fraction of sp³-hybridized carbons (Fsp3) is 0.273. The summed E-state index contributed by atoms with van der Waals surface area (Å²) in [5.74, 6) is 1.15. The summed E-state index contributed by atoms with van der Waals surface area (Å²) in [6.45, 7) is -3.01. The first-order valence-electron chi connectivity index (χ1n) is 9.55. The molecule has 1 aromatic heterocycles. The molecule has 0 aliphatic rings. The van der Waals surface area contributed by atoms with Gasteiger partial charge in [0, 0.05) is 11.6 Å². The molecular weight excluding hydrogens is 424 g/mol. The first kappa shape index (κ1) is 22.6. The van der Waals surface area contributed by atoms with Crippen molar-refractivity contribution in [2.24, 2.45) is 0 Å². The lowest BCUT2D eigenvalue weighted by molar-refractivity contribution is -0.117. The molecule has 1 unspecified atom stereocenters. The van der Waals surface area contributed by atoms with Crippen molar-refractivity contribution in [2.45, 2.75) is 19.1 Å². The van der Waals surface area contributed by atoms with E-state index < -0.39 is 6.61 Å². The van der Waals surface area contributed by atoms with Gasteiger partial charge in [-0.25, -0.2) is 4.98 Å². The zero-order valence-electron chi connectivity index (χ0n) is 17.1. The number of halogens is 2.